The van der Waals surface area contributed by atoms with Crippen LogP contribution in [0, 0.1) is 0 Å². The molecule has 6 heteroatoms. The van der Waals surface area contributed by atoms with Crippen LogP contribution >= 0.6 is 0 Å². The molecular formula is C8H14F3NO2. The Labute approximate surface area is 80.5 Å². The monoisotopic (exact) mass is 213 g/mol. The number of alkyl halides is 3. The van der Waals surface area contributed by atoms with Crippen molar-refractivity contribution >= 4 is 5.91 Å². The molecule has 0 aromatic heterocycles. The van der Waals surface area contributed by atoms with E-state index in [2.05, 4.69) is 0 Å². The summed E-state index contributed by atoms with van der Waals surface area (Å²) >= 11 is 0. The first-order valence-corrected chi connectivity index (χ1v) is 4.04. The highest BCUT2D eigenvalue weighted by Crippen LogP contribution is 2.22. The van der Waals surface area contributed by atoms with Crippen molar-refractivity contribution in [1.29, 1.82) is 0 Å². The molecule has 0 rings (SSSR count). The van der Waals surface area contributed by atoms with Crippen LogP contribution in [-0.2, 0) is 4.79 Å². The summed E-state index contributed by atoms with van der Waals surface area (Å²) in [7, 11) is 1.24. The topological polar surface area (TPSA) is 40.5 Å². The van der Waals surface area contributed by atoms with Gasteiger partial charge in [0, 0.05) is 7.05 Å². The van der Waals surface area contributed by atoms with Gasteiger partial charge >= 0.3 is 6.18 Å². The Bertz CT molecular complexity index is 213. The molecular weight excluding hydrogens is 199 g/mol. The summed E-state index contributed by atoms with van der Waals surface area (Å²) in [6, 6.07) is 0. The van der Waals surface area contributed by atoms with Crippen molar-refractivity contribution in [2.75, 3.05) is 13.7 Å². The van der Waals surface area contributed by atoms with Gasteiger partial charge in [0.05, 0.1) is 12.1 Å². The molecule has 0 atom stereocenters. The van der Waals surface area contributed by atoms with Crippen LogP contribution in [0.25, 0.3) is 0 Å². The Morgan fingerprint density at radius 2 is 1.79 bits per heavy atom. The van der Waals surface area contributed by atoms with Gasteiger partial charge in [-0.15, -0.1) is 0 Å². The van der Waals surface area contributed by atoms with E-state index in [9.17, 15) is 18.0 Å². The Morgan fingerprint density at radius 1 is 1.36 bits per heavy atom. The van der Waals surface area contributed by atoms with Crippen LogP contribution < -0.4 is 0 Å². The van der Waals surface area contributed by atoms with Crippen LogP contribution in [0.5, 0.6) is 0 Å². The van der Waals surface area contributed by atoms with Crippen molar-refractivity contribution in [3.8, 4) is 0 Å². The summed E-state index contributed by atoms with van der Waals surface area (Å²) in [5.41, 5.74) is -0.970. The smallest absolute Gasteiger partial charge is 0.394 e. The fraction of sp³-hybridized carbons (Fsp3) is 0.875. The van der Waals surface area contributed by atoms with E-state index < -0.39 is 24.0 Å². The van der Waals surface area contributed by atoms with Gasteiger partial charge in [-0.25, -0.2) is 0 Å². The quantitative estimate of drug-likeness (QED) is 0.764. The maximum Gasteiger partial charge on any atom is 0.397 e. The SMILES string of the molecule is CN(C(=O)CC(F)(F)F)C(C)(C)CO. The molecule has 0 saturated carbocycles. The summed E-state index contributed by atoms with van der Waals surface area (Å²) < 4.78 is 35.5. The number of carbonyl (C=O) groups excluding carboxylic acids is 1. The highest BCUT2D eigenvalue weighted by molar-refractivity contribution is 5.77. The molecule has 84 valence electrons. The molecule has 1 amide bonds. The van der Waals surface area contributed by atoms with E-state index in [-0.39, 0.29) is 6.61 Å². The number of halogens is 3. The lowest BCUT2D eigenvalue weighted by Crippen LogP contribution is -2.48. The number of nitrogens with zero attached hydrogens (tertiary/aromatic N) is 1. The van der Waals surface area contributed by atoms with E-state index in [0.717, 1.165) is 4.90 Å². The molecule has 1 N–H and O–H groups in total. The second-order valence-corrected chi connectivity index (χ2v) is 3.72. The fourth-order valence-electron chi connectivity index (χ4n) is 0.734. The molecule has 0 aliphatic carbocycles. The highest BCUT2D eigenvalue weighted by Gasteiger charge is 2.36. The molecule has 0 aliphatic rings. The Morgan fingerprint density at radius 3 is 2.07 bits per heavy atom. The summed E-state index contributed by atoms with van der Waals surface area (Å²) in [6.07, 6.45) is -6.00. The van der Waals surface area contributed by atoms with Crippen molar-refractivity contribution < 1.29 is 23.1 Å². The number of rotatable bonds is 3. The van der Waals surface area contributed by atoms with Crippen LogP contribution in [0.15, 0.2) is 0 Å². The van der Waals surface area contributed by atoms with Gasteiger partial charge in [-0.05, 0) is 13.8 Å². The highest BCUT2D eigenvalue weighted by atomic mass is 19.4. The second kappa shape index (κ2) is 4.16. The number of amides is 1. The molecule has 0 fully saturated rings. The molecule has 0 unspecified atom stereocenters. The first kappa shape index (κ1) is 13.2. The van der Waals surface area contributed by atoms with Crippen LogP contribution in [0.2, 0.25) is 0 Å². The number of carbonyl (C=O) groups is 1. The average molecular weight is 213 g/mol. The zero-order valence-electron chi connectivity index (χ0n) is 8.35. The predicted molar refractivity (Wildman–Crippen MR) is 44.6 cm³/mol. The maximum atomic E-state index is 11.8. The van der Waals surface area contributed by atoms with Gasteiger partial charge in [0.1, 0.15) is 6.42 Å². The standard InChI is InChI=1S/C8H14F3NO2/c1-7(2,5-13)12(3)6(14)4-8(9,10)11/h13H,4-5H2,1-3H3. The first-order chi connectivity index (χ1) is 6.10. The summed E-state index contributed by atoms with van der Waals surface area (Å²) in [6.45, 7) is 2.59. The third-order valence-electron chi connectivity index (χ3n) is 2.02. The van der Waals surface area contributed by atoms with Gasteiger partial charge in [0.2, 0.25) is 5.91 Å². The van der Waals surface area contributed by atoms with Crippen molar-refractivity contribution in [2.24, 2.45) is 0 Å². The van der Waals surface area contributed by atoms with Crippen LogP contribution in [-0.4, -0.2) is 41.3 Å². The van der Waals surface area contributed by atoms with E-state index in [1.54, 1.807) is 0 Å². The van der Waals surface area contributed by atoms with E-state index in [1.165, 1.54) is 20.9 Å². The Balaban J connectivity index is 4.41. The van der Waals surface area contributed by atoms with Gasteiger partial charge in [0.25, 0.3) is 0 Å². The zero-order valence-corrected chi connectivity index (χ0v) is 8.35. The number of likely N-dealkylation sites (N-methyl/N-ethyl adjacent to an activating group) is 1. The molecule has 0 bridgehead atoms. The Kier molecular flexibility index (Phi) is 3.93. The van der Waals surface area contributed by atoms with Gasteiger partial charge in [-0.2, -0.15) is 13.2 Å². The van der Waals surface area contributed by atoms with Crippen LogP contribution in [0.3, 0.4) is 0 Å². The molecule has 3 nitrogen and oxygen atoms in total. The number of aliphatic hydroxyl groups is 1. The average Bonchev–Trinajstić information content (AvgIpc) is 2.00. The largest absolute Gasteiger partial charge is 0.397 e. The minimum atomic E-state index is -4.50. The van der Waals surface area contributed by atoms with Crippen molar-refractivity contribution in [2.45, 2.75) is 32.0 Å². The molecule has 0 radical (unpaired) electrons. The molecule has 0 heterocycles. The van der Waals surface area contributed by atoms with Gasteiger partial charge in [0.15, 0.2) is 0 Å². The predicted octanol–water partition coefficient (Wildman–Crippen LogP) is 1.17. The molecule has 0 saturated heterocycles. The second-order valence-electron chi connectivity index (χ2n) is 3.72. The number of hydrogen-bond acceptors (Lipinski definition) is 2. The maximum absolute atomic E-state index is 11.8. The third-order valence-corrected chi connectivity index (χ3v) is 2.02. The van der Waals surface area contributed by atoms with Gasteiger partial charge in [-0.3, -0.25) is 4.79 Å². The molecule has 0 spiro atoms. The van der Waals surface area contributed by atoms with E-state index in [0.29, 0.717) is 0 Å². The normalized spacial score (nSPS) is 12.8. The minimum absolute atomic E-state index is 0.382. The zero-order chi connectivity index (χ0) is 11.6. The lowest BCUT2D eigenvalue weighted by Gasteiger charge is -2.34. The minimum Gasteiger partial charge on any atom is -0.394 e. The fourth-order valence-corrected chi connectivity index (χ4v) is 0.734. The van der Waals surface area contributed by atoms with E-state index >= 15 is 0 Å². The number of hydrogen-bond donors (Lipinski definition) is 1. The molecule has 0 aromatic rings. The molecule has 0 aromatic carbocycles. The van der Waals surface area contributed by atoms with Gasteiger partial charge in [-0.1, -0.05) is 0 Å². The van der Waals surface area contributed by atoms with E-state index in [1.807, 2.05) is 0 Å². The molecule has 0 aliphatic heterocycles. The van der Waals surface area contributed by atoms with Crippen molar-refractivity contribution in [3.05, 3.63) is 0 Å². The summed E-state index contributed by atoms with van der Waals surface area (Å²) in [5.74, 6) is -1.04. The Hall–Kier alpha value is -0.780. The first-order valence-electron chi connectivity index (χ1n) is 4.04. The van der Waals surface area contributed by atoms with E-state index in [4.69, 9.17) is 5.11 Å². The lowest BCUT2D eigenvalue weighted by molar-refractivity contribution is -0.164. The van der Waals surface area contributed by atoms with Crippen molar-refractivity contribution in [1.82, 2.24) is 4.90 Å². The third kappa shape index (κ3) is 3.95. The van der Waals surface area contributed by atoms with Crippen LogP contribution in [0.1, 0.15) is 20.3 Å². The lowest BCUT2D eigenvalue weighted by atomic mass is 10.0. The van der Waals surface area contributed by atoms with Crippen molar-refractivity contribution in [3.63, 3.8) is 0 Å². The number of aliphatic hydroxyl groups excluding tert-OH is 1. The summed E-state index contributed by atoms with van der Waals surface area (Å²) in [4.78, 5) is 12.0. The molecule has 14 heavy (non-hydrogen) atoms. The summed E-state index contributed by atoms with van der Waals surface area (Å²) in [5, 5.41) is 8.84. The van der Waals surface area contributed by atoms with Crippen LogP contribution in [0.4, 0.5) is 13.2 Å². The van der Waals surface area contributed by atoms with Gasteiger partial charge < -0.3 is 10.0 Å².